The van der Waals surface area contributed by atoms with Crippen molar-refractivity contribution in [2.24, 2.45) is 0 Å². The molecule has 0 N–H and O–H groups in total. The van der Waals surface area contributed by atoms with Crippen LogP contribution < -0.4 is 0 Å². The Morgan fingerprint density at radius 3 is 1.56 bits per heavy atom. The van der Waals surface area contributed by atoms with Crippen LogP contribution in [0.2, 0.25) is 0 Å². The van der Waals surface area contributed by atoms with Gasteiger partial charge >= 0.3 is 0 Å². The highest BCUT2D eigenvalue weighted by Gasteiger charge is 2.29. The molecule has 134 valence electrons. The molecule has 0 spiro atoms. The molecule has 0 amide bonds. The van der Waals surface area contributed by atoms with Gasteiger partial charge in [-0.25, -0.2) is 17.2 Å². The molecule has 1 saturated heterocycles. The fourth-order valence-corrected chi connectivity index (χ4v) is 4.02. The van der Waals surface area contributed by atoms with Crippen LogP contribution in [0.15, 0.2) is 48.5 Å². The molecular weight excluding hydrogens is 346 g/mol. The van der Waals surface area contributed by atoms with E-state index in [1.807, 2.05) is 0 Å². The number of halogens is 2. The highest BCUT2D eigenvalue weighted by atomic mass is 32.2. The monoisotopic (exact) mass is 366 g/mol. The molecule has 1 aliphatic rings. The molecule has 0 bridgehead atoms. The minimum Gasteiger partial charge on any atom is -0.290 e. The Hall–Kier alpha value is -1.83. The summed E-state index contributed by atoms with van der Waals surface area (Å²) in [6.45, 7) is 1.90. The van der Waals surface area contributed by atoms with E-state index in [0.29, 0.717) is 26.2 Å². The third kappa shape index (κ3) is 4.23. The molecule has 0 aromatic heterocycles. The summed E-state index contributed by atoms with van der Waals surface area (Å²) in [5.41, 5.74) is 1.78. The Morgan fingerprint density at radius 2 is 1.20 bits per heavy atom. The highest BCUT2D eigenvalue weighted by molar-refractivity contribution is 7.88. The second-order valence-corrected chi connectivity index (χ2v) is 8.19. The van der Waals surface area contributed by atoms with Gasteiger partial charge in [-0.3, -0.25) is 4.90 Å². The molecule has 25 heavy (non-hydrogen) atoms. The lowest BCUT2D eigenvalue weighted by molar-refractivity contribution is 0.156. The van der Waals surface area contributed by atoms with Gasteiger partial charge in [-0.1, -0.05) is 24.3 Å². The van der Waals surface area contributed by atoms with Crippen molar-refractivity contribution in [3.8, 4) is 0 Å². The summed E-state index contributed by atoms with van der Waals surface area (Å²) in [5.74, 6) is -0.632. The van der Waals surface area contributed by atoms with Crippen LogP contribution >= 0.6 is 0 Å². The number of hydrogen-bond donors (Lipinski definition) is 0. The molecular formula is C18H20F2N2O2S. The first-order chi connectivity index (χ1) is 11.8. The minimum absolute atomic E-state index is 0.178. The number of piperazine rings is 1. The van der Waals surface area contributed by atoms with Crippen LogP contribution in [0.5, 0.6) is 0 Å². The van der Waals surface area contributed by atoms with Gasteiger partial charge in [0.15, 0.2) is 0 Å². The Morgan fingerprint density at radius 1 is 0.800 bits per heavy atom. The van der Waals surface area contributed by atoms with Crippen molar-refractivity contribution < 1.29 is 17.2 Å². The fourth-order valence-electron chi connectivity index (χ4n) is 3.20. The van der Waals surface area contributed by atoms with Gasteiger partial charge in [0, 0.05) is 26.2 Å². The van der Waals surface area contributed by atoms with Crippen LogP contribution in [0, 0.1) is 11.6 Å². The molecule has 0 aliphatic carbocycles. The first-order valence-corrected chi connectivity index (χ1v) is 9.89. The molecule has 7 heteroatoms. The maximum atomic E-state index is 13.3. The van der Waals surface area contributed by atoms with Crippen molar-refractivity contribution >= 4 is 10.0 Å². The summed E-state index contributed by atoms with van der Waals surface area (Å²) in [6.07, 6.45) is 1.21. The Bertz CT molecular complexity index is 770. The zero-order chi connectivity index (χ0) is 18.0. The van der Waals surface area contributed by atoms with Gasteiger partial charge in [0.2, 0.25) is 10.0 Å². The average Bonchev–Trinajstić information content (AvgIpc) is 2.58. The topological polar surface area (TPSA) is 40.6 Å². The number of sulfonamides is 1. The third-order valence-electron chi connectivity index (χ3n) is 4.48. The normalized spacial score (nSPS) is 17.1. The number of rotatable bonds is 4. The molecule has 0 radical (unpaired) electrons. The van der Waals surface area contributed by atoms with Gasteiger partial charge in [-0.2, -0.15) is 4.31 Å². The van der Waals surface area contributed by atoms with Gasteiger partial charge in [0.25, 0.3) is 0 Å². The van der Waals surface area contributed by atoms with E-state index in [1.54, 1.807) is 24.3 Å². The van der Waals surface area contributed by atoms with E-state index < -0.39 is 10.0 Å². The van der Waals surface area contributed by atoms with Crippen molar-refractivity contribution in [2.45, 2.75) is 6.04 Å². The van der Waals surface area contributed by atoms with E-state index in [9.17, 15) is 17.2 Å². The molecule has 1 fully saturated rings. The molecule has 0 atom stereocenters. The lowest BCUT2D eigenvalue weighted by Gasteiger charge is -2.38. The predicted octanol–water partition coefficient (Wildman–Crippen LogP) is 2.63. The van der Waals surface area contributed by atoms with Gasteiger partial charge < -0.3 is 0 Å². The maximum absolute atomic E-state index is 13.3. The molecule has 3 rings (SSSR count). The summed E-state index contributed by atoms with van der Waals surface area (Å²) < 4.78 is 51.4. The minimum atomic E-state index is -3.21. The van der Waals surface area contributed by atoms with Crippen molar-refractivity contribution in [1.29, 1.82) is 0 Å². The predicted molar refractivity (Wildman–Crippen MR) is 92.6 cm³/mol. The highest BCUT2D eigenvalue weighted by Crippen LogP contribution is 2.30. The largest absolute Gasteiger partial charge is 0.290 e. The van der Waals surface area contributed by atoms with E-state index in [2.05, 4.69) is 4.90 Å². The first kappa shape index (κ1) is 18.0. The van der Waals surface area contributed by atoms with Crippen LogP contribution in [0.4, 0.5) is 8.78 Å². The standard InChI is InChI=1S/C18H20F2N2O2S/c1-25(23,24)22-12-10-21(11-13-22)18(14-2-6-16(19)7-3-14)15-4-8-17(20)9-5-15/h2-9,18H,10-13H2,1H3. The molecule has 2 aromatic rings. The van der Waals surface area contributed by atoms with Crippen LogP contribution in [0.1, 0.15) is 17.2 Å². The summed E-state index contributed by atoms with van der Waals surface area (Å²) in [4.78, 5) is 2.14. The zero-order valence-corrected chi connectivity index (χ0v) is 14.7. The van der Waals surface area contributed by atoms with Crippen molar-refractivity contribution in [2.75, 3.05) is 32.4 Å². The van der Waals surface area contributed by atoms with E-state index in [0.717, 1.165) is 11.1 Å². The van der Waals surface area contributed by atoms with Gasteiger partial charge in [-0.15, -0.1) is 0 Å². The lowest BCUT2D eigenvalue weighted by atomic mass is 9.96. The smallest absolute Gasteiger partial charge is 0.211 e. The number of hydrogen-bond acceptors (Lipinski definition) is 3. The number of benzene rings is 2. The van der Waals surface area contributed by atoms with Gasteiger partial charge in [0.05, 0.1) is 12.3 Å². The lowest BCUT2D eigenvalue weighted by Crippen LogP contribution is -2.49. The Kier molecular flexibility index (Phi) is 5.17. The summed E-state index contributed by atoms with van der Waals surface area (Å²) in [5, 5.41) is 0. The second-order valence-electron chi connectivity index (χ2n) is 6.20. The average molecular weight is 366 g/mol. The maximum Gasteiger partial charge on any atom is 0.211 e. The van der Waals surface area contributed by atoms with Crippen LogP contribution in [-0.2, 0) is 10.0 Å². The van der Waals surface area contributed by atoms with Gasteiger partial charge in [0.1, 0.15) is 11.6 Å². The Labute approximate surface area is 146 Å². The number of nitrogens with zero attached hydrogens (tertiary/aromatic N) is 2. The summed E-state index contributed by atoms with van der Waals surface area (Å²) >= 11 is 0. The summed E-state index contributed by atoms with van der Waals surface area (Å²) in [6, 6.07) is 12.3. The van der Waals surface area contributed by atoms with E-state index >= 15 is 0 Å². The molecule has 0 unspecified atom stereocenters. The van der Waals surface area contributed by atoms with Crippen molar-refractivity contribution in [3.05, 3.63) is 71.3 Å². The van der Waals surface area contributed by atoms with Crippen LogP contribution in [-0.4, -0.2) is 50.1 Å². The van der Waals surface area contributed by atoms with Crippen molar-refractivity contribution in [1.82, 2.24) is 9.21 Å². The van der Waals surface area contributed by atoms with E-state index in [-0.39, 0.29) is 17.7 Å². The molecule has 1 heterocycles. The third-order valence-corrected chi connectivity index (χ3v) is 5.78. The second kappa shape index (κ2) is 7.19. The molecule has 0 saturated carbocycles. The van der Waals surface area contributed by atoms with Crippen LogP contribution in [0.3, 0.4) is 0 Å². The quantitative estimate of drug-likeness (QED) is 0.835. The molecule has 4 nitrogen and oxygen atoms in total. The zero-order valence-electron chi connectivity index (χ0n) is 13.9. The molecule has 1 aliphatic heterocycles. The first-order valence-electron chi connectivity index (χ1n) is 8.05. The summed E-state index contributed by atoms with van der Waals surface area (Å²) in [7, 11) is -3.21. The SMILES string of the molecule is CS(=O)(=O)N1CCN(C(c2ccc(F)cc2)c2ccc(F)cc2)CC1. The molecule has 2 aromatic carbocycles. The fraction of sp³-hybridized carbons (Fsp3) is 0.333. The van der Waals surface area contributed by atoms with E-state index in [1.165, 1.54) is 34.8 Å². The van der Waals surface area contributed by atoms with Gasteiger partial charge in [-0.05, 0) is 35.4 Å². The van der Waals surface area contributed by atoms with Crippen molar-refractivity contribution in [3.63, 3.8) is 0 Å². The Balaban J connectivity index is 1.89. The van der Waals surface area contributed by atoms with E-state index in [4.69, 9.17) is 0 Å². The van der Waals surface area contributed by atoms with Crippen LogP contribution in [0.25, 0.3) is 0 Å².